The lowest BCUT2D eigenvalue weighted by Gasteiger charge is -2.35. The molecule has 0 spiro atoms. The quantitative estimate of drug-likeness (QED) is 0.0816. The summed E-state index contributed by atoms with van der Waals surface area (Å²) in [6.07, 6.45) is 4.49. The molecule has 4 aromatic carbocycles. The van der Waals surface area contributed by atoms with E-state index >= 15 is 0 Å². The van der Waals surface area contributed by atoms with Crippen LogP contribution in [0.4, 0.5) is 9.59 Å². The Kier molecular flexibility index (Phi) is 18.7. The third-order valence-electron chi connectivity index (χ3n) is 15.6. The number of cyclic esters (lactones) is 2. The van der Waals surface area contributed by atoms with Crippen molar-refractivity contribution in [3.05, 3.63) is 107 Å². The highest BCUT2D eigenvalue weighted by atomic mass is 16.6. The third-order valence-corrected chi connectivity index (χ3v) is 15.6. The number of hydrogen-bond acceptors (Lipinski definition) is 16. The topological polar surface area (TPSA) is 281 Å². The monoisotopic (exact) mass is 1220 g/mol. The average molecular weight is 1220 g/mol. The number of carbonyl (C=O) groups excluding carboxylic acids is 6. The summed E-state index contributed by atoms with van der Waals surface area (Å²) in [7, 11) is 1.58. The molecular formula is C67H80N10O12. The number of rotatable bonds is 3. The molecule has 0 unspecified atom stereocenters. The van der Waals surface area contributed by atoms with Crippen LogP contribution in [0.1, 0.15) is 117 Å². The molecule has 2 fully saturated rings. The number of nitrogens with one attached hydrogen (secondary N) is 4. The van der Waals surface area contributed by atoms with Crippen LogP contribution in [-0.2, 0) is 64.1 Å². The van der Waals surface area contributed by atoms with E-state index in [0.29, 0.717) is 79.9 Å². The van der Waals surface area contributed by atoms with Crippen molar-refractivity contribution in [2.24, 2.45) is 10.8 Å². The van der Waals surface area contributed by atoms with E-state index in [1.165, 1.54) is 10.0 Å². The van der Waals surface area contributed by atoms with Crippen LogP contribution in [0.5, 0.6) is 11.5 Å². The summed E-state index contributed by atoms with van der Waals surface area (Å²) >= 11 is 0. The first kappa shape index (κ1) is 64.4. The van der Waals surface area contributed by atoms with Crippen molar-refractivity contribution < 1.29 is 57.6 Å². The molecule has 5 N–H and O–H groups in total. The van der Waals surface area contributed by atoms with Gasteiger partial charge in [-0.25, -0.2) is 20.4 Å². The van der Waals surface area contributed by atoms with E-state index in [4.69, 9.17) is 23.7 Å². The fourth-order valence-electron chi connectivity index (χ4n) is 11.5. The number of nitriles is 2. The highest BCUT2D eigenvalue weighted by molar-refractivity contribution is 5.93. The summed E-state index contributed by atoms with van der Waals surface area (Å²) in [5.74, 6) is -1.16. The molecule has 22 heteroatoms. The van der Waals surface area contributed by atoms with E-state index in [1.54, 1.807) is 60.8 Å². The van der Waals surface area contributed by atoms with Crippen molar-refractivity contribution >= 4 is 57.7 Å². The summed E-state index contributed by atoms with van der Waals surface area (Å²) in [6, 6.07) is 23.5. The maximum atomic E-state index is 14.0. The van der Waals surface area contributed by atoms with E-state index in [2.05, 4.69) is 33.6 Å². The van der Waals surface area contributed by atoms with Crippen LogP contribution in [0, 0.1) is 33.5 Å². The molecule has 0 aliphatic carbocycles. The van der Waals surface area contributed by atoms with Crippen LogP contribution in [0.25, 0.3) is 44.1 Å². The lowest BCUT2D eigenvalue weighted by molar-refractivity contribution is -0.156. The van der Waals surface area contributed by atoms with Crippen molar-refractivity contribution in [3.63, 3.8) is 0 Å². The zero-order valence-corrected chi connectivity index (χ0v) is 52.5. The van der Waals surface area contributed by atoms with Gasteiger partial charge in [0.1, 0.15) is 59.0 Å². The SMILES string of the molecule is CC1(C)COC(=O)[C@@H]2CCCN(N2)C(=O)[C@@H](NC(=O)OC(C)(C)C)Cc2cc(O)cc(c2)-c2ccc3c(C#N)cn(c3c2)C1.COc1cc2cc(c1)-c1ccc3c(C#N)cn(c3c1)CC(C)(C)COC(=O)[C@@H]1CCCN(N1)C(=O)[C@@H](NC(=O)OC(C)(C)C)C2. The third kappa shape index (κ3) is 16.0. The van der Waals surface area contributed by atoms with Gasteiger partial charge in [0.25, 0.3) is 11.8 Å². The number of nitrogens with zero attached hydrogens (tertiary/aromatic N) is 6. The van der Waals surface area contributed by atoms with Gasteiger partial charge in [-0.2, -0.15) is 10.5 Å². The Morgan fingerprint density at radius 2 is 1.04 bits per heavy atom. The van der Waals surface area contributed by atoms with Crippen LogP contribution in [0.3, 0.4) is 0 Å². The first-order valence-corrected chi connectivity index (χ1v) is 30.0. The largest absolute Gasteiger partial charge is 0.508 e. The van der Waals surface area contributed by atoms with Gasteiger partial charge in [0.05, 0.1) is 42.5 Å². The standard InChI is InChI=1S/C34H41N5O6.C33H39N5O6/c1-33(2,3)45-32(42)36-28-14-21-12-23(15-25(13-21)43-6)22-9-10-26-24(17-35)18-38(29(26)16-22)19-34(4,5)20-44-31(41)27-8-7-11-39(37-27)30(28)40;1-32(2,3)44-31(42)35-27-13-20-11-22(14-24(39)12-20)21-8-9-25-23(16-34)17-37(28(25)15-21)18-33(4,5)19-43-30(41)26-7-6-10-38(36-26)29(27)40/h9-10,12-13,15-16,18,27-28,37H,7-8,11,14,19-20H2,1-6H3,(H,36,42);8-9,11-12,14-15,17,26-27,36,39H,6-7,10,13,18-19H2,1-5H3,(H,35,42)/t27-,28-;26-,27-/m00/s1. The molecule has 2 saturated heterocycles. The second-order valence-electron chi connectivity index (χ2n) is 27.0. The molecule has 10 rings (SSSR count). The Bertz CT molecular complexity index is 3800. The Morgan fingerprint density at radius 1 is 0.618 bits per heavy atom. The van der Waals surface area contributed by atoms with Gasteiger partial charge in [-0.05, 0) is 137 Å². The van der Waals surface area contributed by atoms with Gasteiger partial charge in [-0.1, -0.05) is 64.1 Å². The number of aromatic hydroxyl groups is 1. The van der Waals surface area contributed by atoms with E-state index < -0.39 is 82.1 Å². The van der Waals surface area contributed by atoms with E-state index in [0.717, 1.165) is 44.1 Å². The highest BCUT2D eigenvalue weighted by Gasteiger charge is 2.38. The molecule has 22 nitrogen and oxygen atoms in total. The lowest BCUT2D eigenvalue weighted by Crippen LogP contribution is -2.60. The van der Waals surface area contributed by atoms with Gasteiger partial charge in [0.2, 0.25) is 0 Å². The van der Waals surface area contributed by atoms with Crippen molar-refractivity contribution in [2.45, 2.75) is 156 Å². The number of hydrogen-bond donors (Lipinski definition) is 5. The molecule has 6 heterocycles. The summed E-state index contributed by atoms with van der Waals surface area (Å²) < 4.78 is 32.2. The molecule has 2 aromatic heterocycles. The van der Waals surface area contributed by atoms with Crippen molar-refractivity contribution in [1.29, 1.82) is 10.5 Å². The zero-order chi connectivity index (χ0) is 64.3. The summed E-state index contributed by atoms with van der Waals surface area (Å²) in [6.45, 7) is 20.4. The van der Waals surface area contributed by atoms with Crippen LogP contribution < -0.4 is 26.2 Å². The molecule has 470 valence electrons. The number of phenolic OH excluding ortho intramolecular Hbond substituents is 1. The second kappa shape index (κ2) is 25.9. The maximum Gasteiger partial charge on any atom is 0.408 e. The minimum absolute atomic E-state index is 0.00334. The molecule has 4 aliphatic heterocycles. The van der Waals surface area contributed by atoms with Gasteiger partial charge < -0.3 is 48.6 Å². The van der Waals surface area contributed by atoms with E-state index in [9.17, 15) is 44.4 Å². The zero-order valence-electron chi connectivity index (χ0n) is 52.5. The van der Waals surface area contributed by atoms with Crippen molar-refractivity contribution in [3.8, 4) is 45.9 Å². The molecular weight excluding hydrogens is 1140 g/mol. The van der Waals surface area contributed by atoms with Gasteiger partial charge in [0.15, 0.2) is 0 Å². The first-order chi connectivity index (χ1) is 42.0. The fraction of sp³-hybridized carbons (Fsp3) is 0.463. The highest BCUT2D eigenvalue weighted by Crippen LogP contribution is 2.36. The van der Waals surface area contributed by atoms with Gasteiger partial charge in [-0.15, -0.1) is 0 Å². The minimum atomic E-state index is -1.06. The molecule has 12 bridgehead atoms. The van der Waals surface area contributed by atoms with Crippen LogP contribution in [0.15, 0.2) is 85.2 Å². The Balaban J connectivity index is 0.000000211. The predicted octanol–water partition coefficient (Wildman–Crippen LogP) is 9.10. The van der Waals surface area contributed by atoms with Gasteiger partial charge >= 0.3 is 24.1 Å². The van der Waals surface area contributed by atoms with Crippen LogP contribution >= 0.6 is 0 Å². The van der Waals surface area contributed by atoms with Gasteiger partial charge in [-0.3, -0.25) is 29.2 Å². The number of benzene rings is 4. The number of alkyl carbamates (subject to hydrolysis) is 2. The number of methoxy groups -OCH3 is 1. The van der Waals surface area contributed by atoms with Crippen molar-refractivity contribution in [1.82, 2.24) is 40.6 Å². The maximum absolute atomic E-state index is 14.0. The predicted molar refractivity (Wildman–Crippen MR) is 331 cm³/mol. The number of ether oxygens (including phenoxy) is 5. The number of hydrazine groups is 2. The average Bonchev–Trinajstić information content (AvgIpc) is 1.77. The smallest absolute Gasteiger partial charge is 0.408 e. The first-order valence-electron chi connectivity index (χ1n) is 30.0. The number of fused-ring (bicyclic) bond motifs is 12. The summed E-state index contributed by atoms with van der Waals surface area (Å²) in [5.41, 5.74) is 11.0. The Morgan fingerprint density at radius 3 is 1.46 bits per heavy atom. The fourth-order valence-corrected chi connectivity index (χ4v) is 11.5. The van der Waals surface area contributed by atoms with Crippen LogP contribution in [-0.4, -0.2) is 129 Å². The van der Waals surface area contributed by atoms with Crippen LogP contribution in [0.2, 0.25) is 0 Å². The summed E-state index contributed by atoms with van der Waals surface area (Å²) in [4.78, 5) is 80.0. The Hall–Kier alpha value is -9.12. The molecule has 89 heavy (non-hydrogen) atoms. The number of amides is 4. The second-order valence-corrected chi connectivity index (χ2v) is 27.0. The normalized spacial score (nSPS) is 20.6. The molecule has 6 aromatic rings. The van der Waals surface area contributed by atoms with Crippen molar-refractivity contribution in [2.75, 3.05) is 33.4 Å². The summed E-state index contributed by atoms with van der Waals surface area (Å²) in [5, 5.41) is 40.3. The van der Waals surface area contributed by atoms with E-state index in [-0.39, 0.29) is 31.8 Å². The molecule has 4 aliphatic rings. The number of carbonyl (C=O) groups is 6. The van der Waals surface area contributed by atoms with Gasteiger partial charge in [0, 0.05) is 73.0 Å². The molecule has 4 atom stereocenters. The number of esters is 2. The molecule has 0 radical (unpaired) electrons. The Labute approximate surface area is 518 Å². The minimum Gasteiger partial charge on any atom is -0.508 e. The van der Waals surface area contributed by atoms with E-state index in [1.807, 2.05) is 110 Å². The molecule has 4 amide bonds. The number of phenols is 1. The number of aromatic nitrogens is 2. The lowest BCUT2D eigenvalue weighted by atomic mass is 9.94. The molecule has 0 saturated carbocycles.